The Hall–Kier alpha value is -0.300. The van der Waals surface area contributed by atoms with E-state index in [1.54, 1.807) is 0 Å². The standard InChI is InChI=1S/C8H17N/c1-5-7-9(6-2)8(3)4/h5,8H,1,6-7H2,2-4H3. The highest BCUT2D eigenvalue weighted by atomic mass is 15.1. The van der Waals surface area contributed by atoms with Gasteiger partial charge in [-0.15, -0.1) is 6.58 Å². The van der Waals surface area contributed by atoms with E-state index in [2.05, 4.69) is 32.3 Å². The zero-order chi connectivity index (χ0) is 7.28. The van der Waals surface area contributed by atoms with Crippen molar-refractivity contribution in [2.24, 2.45) is 0 Å². The van der Waals surface area contributed by atoms with Crippen molar-refractivity contribution in [3.8, 4) is 0 Å². The zero-order valence-corrected chi connectivity index (χ0v) is 6.72. The maximum absolute atomic E-state index is 3.69. The summed E-state index contributed by atoms with van der Waals surface area (Å²) in [6.07, 6.45) is 1.95. The molecule has 0 rings (SSSR count). The number of nitrogens with zero attached hydrogens (tertiary/aromatic N) is 1. The van der Waals surface area contributed by atoms with Gasteiger partial charge >= 0.3 is 0 Å². The first kappa shape index (κ1) is 8.70. The van der Waals surface area contributed by atoms with Crippen molar-refractivity contribution in [1.29, 1.82) is 0 Å². The molecule has 0 aliphatic heterocycles. The Bertz CT molecular complexity index is 76.6. The highest BCUT2D eigenvalue weighted by Gasteiger charge is 2.01. The Labute approximate surface area is 58.4 Å². The van der Waals surface area contributed by atoms with E-state index < -0.39 is 0 Å². The third-order valence-corrected chi connectivity index (χ3v) is 1.50. The van der Waals surface area contributed by atoms with Crippen LogP contribution in [-0.2, 0) is 0 Å². The normalized spacial score (nSPS) is 10.8. The molecule has 0 aromatic carbocycles. The Morgan fingerprint density at radius 3 is 2.22 bits per heavy atom. The second-order valence-electron chi connectivity index (χ2n) is 2.47. The third-order valence-electron chi connectivity index (χ3n) is 1.50. The van der Waals surface area contributed by atoms with Crippen LogP contribution >= 0.6 is 0 Å². The van der Waals surface area contributed by atoms with Crippen LogP contribution in [0.4, 0.5) is 0 Å². The lowest BCUT2D eigenvalue weighted by Gasteiger charge is -2.22. The van der Waals surface area contributed by atoms with E-state index in [0.717, 1.165) is 13.1 Å². The van der Waals surface area contributed by atoms with Gasteiger partial charge in [-0.25, -0.2) is 0 Å². The van der Waals surface area contributed by atoms with Crippen LogP contribution in [0.5, 0.6) is 0 Å². The molecule has 0 N–H and O–H groups in total. The van der Waals surface area contributed by atoms with Crippen molar-refractivity contribution in [3.63, 3.8) is 0 Å². The van der Waals surface area contributed by atoms with Crippen molar-refractivity contribution in [2.45, 2.75) is 26.8 Å². The van der Waals surface area contributed by atoms with E-state index in [4.69, 9.17) is 0 Å². The Kier molecular flexibility index (Phi) is 4.41. The van der Waals surface area contributed by atoms with Crippen LogP contribution < -0.4 is 0 Å². The van der Waals surface area contributed by atoms with Crippen LogP contribution in [0.25, 0.3) is 0 Å². The minimum Gasteiger partial charge on any atom is -0.298 e. The van der Waals surface area contributed by atoms with Crippen LogP contribution in [-0.4, -0.2) is 24.0 Å². The molecule has 0 aromatic rings. The summed E-state index contributed by atoms with van der Waals surface area (Å²) < 4.78 is 0. The molecule has 0 bridgehead atoms. The van der Waals surface area contributed by atoms with Gasteiger partial charge in [0, 0.05) is 12.6 Å². The van der Waals surface area contributed by atoms with E-state index in [0.29, 0.717) is 6.04 Å². The van der Waals surface area contributed by atoms with Gasteiger partial charge < -0.3 is 0 Å². The predicted molar refractivity (Wildman–Crippen MR) is 42.6 cm³/mol. The highest BCUT2D eigenvalue weighted by Crippen LogP contribution is 1.95. The predicted octanol–water partition coefficient (Wildman–Crippen LogP) is 1.90. The maximum atomic E-state index is 3.69. The van der Waals surface area contributed by atoms with E-state index in [-0.39, 0.29) is 0 Å². The Morgan fingerprint density at radius 1 is 1.56 bits per heavy atom. The molecule has 0 heterocycles. The molecule has 0 fully saturated rings. The van der Waals surface area contributed by atoms with Crippen LogP contribution in [0, 0.1) is 0 Å². The summed E-state index contributed by atoms with van der Waals surface area (Å²) in [5.41, 5.74) is 0. The van der Waals surface area contributed by atoms with E-state index in [1.807, 2.05) is 6.08 Å². The number of likely N-dealkylation sites (N-methyl/N-ethyl adjacent to an activating group) is 1. The molecular weight excluding hydrogens is 110 g/mol. The van der Waals surface area contributed by atoms with Crippen LogP contribution in [0.15, 0.2) is 12.7 Å². The number of hydrogen-bond donors (Lipinski definition) is 0. The Morgan fingerprint density at radius 2 is 2.11 bits per heavy atom. The van der Waals surface area contributed by atoms with Gasteiger partial charge in [-0.05, 0) is 20.4 Å². The van der Waals surface area contributed by atoms with Crippen molar-refractivity contribution < 1.29 is 0 Å². The van der Waals surface area contributed by atoms with Crippen molar-refractivity contribution in [1.82, 2.24) is 4.90 Å². The molecule has 0 aliphatic rings. The summed E-state index contributed by atoms with van der Waals surface area (Å²) in [5.74, 6) is 0. The molecule has 54 valence electrons. The lowest BCUT2D eigenvalue weighted by atomic mass is 10.3. The topological polar surface area (TPSA) is 3.24 Å². The van der Waals surface area contributed by atoms with Crippen LogP contribution in [0.1, 0.15) is 20.8 Å². The largest absolute Gasteiger partial charge is 0.298 e. The van der Waals surface area contributed by atoms with Crippen molar-refractivity contribution >= 4 is 0 Å². The van der Waals surface area contributed by atoms with Gasteiger partial charge in [0.15, 0.2) is 0 Å². The fraction of sp³-hybridized carbons (Fsp3) is 0.750. The first-order valence-electron chi connectivity index (χ1n) is 3.57. The second kappa shape index (κ2) is 4.57. The molecular formula is C8H17N. The quantitative estimate of drug-likeness (QED) is 0.521. The SMILES string of the molecule is C=CCN(CC)C(C)C. The summed E-state index contributed by atoms with van der Waals surface area (Å²) in [4.78, 5) is 2.35. The monoisotopic (exact) mass is 127 g/mol. The third kappa shape index (κ3) is 3.31. The summed E-state index contributed by atoms with van der Waals surface area (Å²) in [6, 6.07) is 0.646. The van der Waals surface area contributed by atoms with Crippen molar-refractivity contribution in [3.05, 3.63) is 12.7 Å². The van der Waals surface area contributed by atoms with Gasteiger partial charge in [-0.3, -0.25) is 4.90 Å². The maximum Gasteiger partial charge on any atom is 0.0163 e. The van der Waals surface area contributed by atoms with Crippen LogP contribution in [0.2, 0.25) is 0 Å². The average Bonchev–Trinajstić information content (AvgIpc) is 1.82. The first-order valence-corrected chi connectivity index (χ1v) is 3.57. The molecule has 9 heavy (non-hydrogen) atoms. The minimum absolute atomic E-state index is 0.646. The van der Waals surface area contributed by atoms with Gasteiger partial charge in [0.2, 0.25) is 0 Å². The lowest BCUT2D eigenvalue weighted by molar-refractivity contribution is 0.259. The summed E-state index contributed by atoms with van der Waals surface area (Å²) in [7, 11) is 0. The molecule has 0 aromatic heterocycles. The van der Waals surface area contributed by atoms with Gasteiger partial charge in [0.1, 0.15) is 0 Å². The number of hydrogen-bond acceptors (Lipinski definition) is 1. The summed E-state index contributed by atoms with van der Waals surface area (Å²) >= 11 is 0. The van der Waals surface area contributed by atoms with Crippen molar-refractivity contribution in [2.75, 3.05) is 13.1 Å². The fourth-order valence-electron chi connectivity index (χ4n) is 0.871. The van der Waals surface area contributed by atoms with Gasteiger partial charge in [0.25, 0.3) is 0 Å². The number of rotatable bonds is 4. The van der Waals surface area contributed by atoms with E-state index in [9.17, 15) is 0 Å². The minimum atomic E-state index is 0.646. The van der Waals surface area contributed by atoms with Crippen LogP contribution in [0.3, 0.4) is 0 Å². The highest BCUT2D eigenvalue weighted by molar-refractivity contribution is 4.74. The molecule has 0 saturated heterocycles. The second-order valence-corrected chi connectivity index (χ2v) is 2.47. The summed E-state index contributed by atoms with van der Waals surface area (Å²) in [6.45, 7) is 12.4. The van der Waals surface area contributed by atoms with Gasteiger partial charge in [-0.2, -0.15) is 0 Å². The van der Waals surface area contributed by atoms with Gasteiger partial charge in [0.05, 0.1) is 0 Å². The average molecular weight is 127 g/mol. The molecule has 1 heteroatoms. The smallest absolute Gasteiger partial charge is 0.0163 e. The molecule has 0 unspecified atom stereocenters. The molecule has 0 spiro atoms. The van der Waals surface area contributed by atoms with E-state index >= 15 is 0 Å². The molecule has 0 saturated carbocycles. The first-order chi connectivity index (χ1) is 4.22. The fourth-order valence-corrected chi connectivity index (χ4v) is 0.871. The molecule has 0 atom stereocenters. The molecule has 0 radical (unpaired) electrons. The van der Waals surface area contributed by atoms with E-state index in [1.165, 1.54) is 0 Å². The zero-order valence-electron chi connectivity index (χ0n) is 6.72. The lowest BCUT2D eigenvalue weighted by Crippen LogP contribution is -2.30. The summed E-state index contributed by atoms with van der Waals surface area (Å²) in [5, 5.41) is 0. The van der Waals surface area contributed by atoms with Gasteiger partial charge in [-0.1, -0.05) is 13.0 Å². The molecule has 0 amide bonds. The molecule has 0 aliphatic carbocycles. The Balaban J connectivity index is 3.53. The molecule has 1 nitrogen and oxygen atoms in total.